The molecule has 0 heterocycles. The van der Waals surface area contributed by atoms with Crippen molar-refractivity contribution in [2.24, 2.45) is 46.3 Å². The normalized spacial score (nSPS) is 35.9. The average Bonchev–Trinajstić information content (AvgIpc) is 3.24. The van der Waals surface area contributed by atoms with E-state index in [1.165, 1.54) is 88.5 Å². The van der Waals surface area contributed by atoms with Crippen molar-refractivity contribution < 1.29 is 31.1 Å². The number of ether oxygens (including phenoxy) is 1. The Bertz CT molecular complexity index is 1280. The largest absolute Gasteiger partial charge is 0.379 e. The van der Waals surface area contributed by atoms with Gasteiger partial charge in [-0.15, -0.1) is 0 Å². The standard InChI is InChI=1S/C50H76F6O/c1-3-5-7-11-17-37-19-23-41(24-20-37)47(29-13-9-14-30-47)49(55)33-27-39(43(51)45(49)53)35-57-36-40-28-34-50(56,46(54)44(40)52)48(31-15-10-16-32-48)42-25-21-38(22-26-42)18-12-8-6-4-2/h27-28,33-34,37-42H,3-26,29-32,35-36H2,1-2H3/t37-,38-,39-,40-,41-,42-,49+,50+/m0/s1. The van der Waals surface area contributed by atoms with Crippen molar-refractivity contribution in [3.8, 4) is 0 Å². The van der Waals surface area contributed by atoms with Crippen molar-refractivity contribution in [1.29, 1.82) is 0 Å². The Hall–Kier alpha value is -1.50. The van der Waals surface area contributed by atoms with Crippen LogP contribution in [0, 0.1) is 46.3 Å². The number of unbranched alkanes of at least 4 members (excludes halogenated alkanes) is 6. The van der Waals surface area contributed by atoms with Gasteiger partial charge in [0, 0.05) is 10.8 Å². The molecule has 7 heteroatoms. The Morgan fingerprint density at radius 1 is 0.509 bits per heavy atom. The molecule has 6 aliphatic carbocycles. The topological polar surface area (TPSA) is 9.23 Å². The zero-order valence-electron chi connectivity index (χ0n) is 35.7. The SMILES string of the molecule is CCCCCC[C@H]1CC[C@H](C2([C@@]3(F)C=C[C@@H](COC[C@@H]4C=C[C@](F)(C5([C@H]6CC[C@H](CCCCCC)CC6)CCCCC5)C(F)=C4F)C(F)=C3F)CCCCC2)CC1. The van der Waals surface area contributed by atoms with Crippen LogP contribution in [0.4, 0.5) is 26.3 Å². The van der Waals surface area contributed by atoms with Gasteiger partial charge in [-0.2, -0.15) is 0 Å². The summed E-state index contributed by atoms with van der Waals surface area (Å²) in [7, 11) is 0. The maximum Gasteiger partial charge on any atom is 0.188 e. The van der Waals surface area contributed by atoms with Gasteiger partial charge < -0.3 is 4.74 Å². The number of halogens is 6. The summed E-state index contributed by atoms with van der Waals surface area (Å²) < 4.78 is 105. The predicted octanol–water partition coefficient (Wildman–Crippen LogP) is 16.5. The number of alkyl halides is 2. The van der Waals surface area contributed by atoms with E-state index in [1.54, 1.807) is 0 Å². The molecule has 1 nitrogen and oxygen atoms in total. The minimum Gasteiger partial charge on any atom is -0.379 e. The van der Waals surface area contributed by atoms with Gasteiger partial charge in [0.25, 0.3) is 0 Å². The Morgan fingerprint density at radius 2 is 0.877 bits per heavy atom. The lowest BCUT2D eigenvalue weighted by molar-refractivity contribution is -0.0619. The molecule has 0 amide bonds. The van der Waals surface area contributed by atoms with Crippen molar-refractivity contribution in [2.45, 2.75) is 205 Å². The summed E-state index contributed by atoms with van der Waals surface area (Å²) in [5.74, 6) is -6.04. The zero-order valence-corrected chi connectivity index (χ0v) is 35.7. The van der Waals surface area contributed by atoms with Crippen molar-refractivity contribution in [3.63, 3.8) is 0 Å². The monoisotopic (exact) mass is 807 g/mol. The van der Waals surface area contributed by atoms with E-state index in [9.17, 15) is 0 Å². The lowest BCUT2D eigenvalue weighted by Crippen LogP contribution is -2.52. The molecule has 0 spiro atoms. The van der Waals surface area contributed by atoms with Gasteiger partial charge in [-0.1, -0.05) is 154 Å². The van der Waals surface area contributed by atoms with E-state index in [4.69, 9.17) is 4.74 Å². The second-order valence-corrected chi connectivity index (χ2v) is 19.8. The van der Waals surface area contributed by atoms with Crippen LogP contribution >= 0.6 is 0 Å². The van der Waals surface area contributed by atoms with E-state index in [0.717, 1.165) is 89.9 Å². The molecule has 0 N–H and O–H groups in total. The van der Waals surface area contributed by atoms with Gasteiger partial charge in [0.05, 0.1) is 25.0 Å². The van der Waals surface area contributed by atoms with Crippen LogP contribution in [-0.2, 0) is 4.74 Å². The summed E-state index contributed by atoms with van der Waals surface area (Å²) in [4.78, 5) is 0. The predicted molar refractivity (Wildman–Crippen MR) is 222 cm³/mol. The molecule has 0 unspecified atom stereocenters. The number of rotatable bonds is 18. The average molecular weight is 807 g/mol. The summed E-state index contributed by atoms with van der Waals surface area (Å²) >= 11 is 0. The molecular weight excluding hydrogens is 731 g/mol. The maximum atomic E-state index is 17.4. The van der Waals surface area contributed by atoms with E-state index in [2.05, 4.69) is 13.8 Å². The van der Waals surface area contributed by atoms with Crippen LogP contribution in [0.15, 0.2) is 47.6 Å². The van der Waals surface area contributed by atoms with Gasteiger partial charge in [0.1, 0.15) is 11.7 Å². The molecule has 0 radical (unpaired) electrons. The molecule has 0 saturated heterocycles. The van der Waals surface area contributed by atoms with Crippen LogP contribution in [0.5, 0.6) is 0 Å². The van der Waals surface area contributed by atoms with Gasteiger partial charge in [-0.05, 0) is 87.2 Å². The molecule has 4 fully saturated rings. The summed E-state index contributed by atoms with van der Waals surface area (Å²) in [6, 6.07) is 0. The van der Waals surface area contributed by atoms with Gasteiger partial charge in [-0.25, -0.2) is 26.3 Å². The first-order chi connectivity index (χ1) is 27.5. The Morgan fingerprint density at radius 3 is 1.23 bits per heavy atom. The zero-order chi connectivity index (χ0) is 40.5. The Kier molecular flexibility index (Phi) is 16.1. The second kappa shape index (κ2) is 20.4. The first-order valence-corrected chi connectivity index (χ1v) is 24.0. The van der Waals surface area contributed by atoms with E-state index in [-0.39, 0.29) is 25.0 Å². The van der Waals surface area contributed by atoms with Crippen LogP contribution in [0.2, 0.25) is 0 Å². The third-order valence-electron chi connectivity index (χ3n) is 16.5. The van der Waals surface area contributed by atoms with Crippen LogP contribution in [-0.4, -0.2) is 24.6 Å². The molecule has 6 aliphatic rings. The fourth-order valence-electron chi connectivity index (χ4n) is 13.1. The van der Waals surface area contributed by atoms with Crippen LogP contribution in [0.3, 0.4) is 0 Å². The highest BCUT2D eigenvalue weighted by atomic mass is 19.2. The lowest BCUT2D eigenvalue weighted by Gasteiger charge is -2.53. The Labute approximate surface area is 342 Å². The van der Waals surface area contributed by atoms with E-state index in [1.807, 2.05) is 0 Å². The number of hydrogen-bond acceptors (Lipinski definition) is 1. The van der Waals surface area contributed by atoms with E-state index >= 15 is 26.3 Å². The fourth-order valence-corrected chi connectivity index (χ4v) is 13.1. The Balaban J connectivity index is 1.07. The van der Waals surface area contributed by atoms with Gasteiger partial charge >= 0.3 is 0 Å². The quantitative estimate of drug-likeness (QED) is 0.0762. The minimum atomic E-state index is -2.51. The summed E-state index contributed by atoms with van der Waals surface area (Å²) in [6.45, 7) is 3.75. The highest BCUT2D eigenvalue weighted by Crippen LogP contribution is 2.63. The van der Waals surface area contributed by atoms with Crippen molar-refractivity contribution in [1.82, 2.24) is 0 Å². The molecule has 0 aromatic carbocycles. The number of allylic oxidation sites excluding steroid dienone is 4. The molecular formula is C50H76F6O. The molecule has 4 atom stereocenters. The van der Waals surface area contributed by atoms with E-state index in [0.29, 0.717) is 37.5 Å². The lowest BCUT2D eigenvalue weighted by atomic mass is 9.53. The maximum absolute atomic E-state index is 17.4. The number of hydrogen-bond donors (Lipinski definition) is 0. The first-order valence-electron chi connectivity index (χ1n) is 24.0. The molecule has 324 valence electrons. The molecule has 0 bridgehead atoms. The highest BCUT2D eigenvalue weighted by molar-refractivity contribution is 5.37. The summed E-state index contributed by atoms with van der Waals surface area (Å²) in [5, 5.41) is 0. The second-order valence-electron chi connectivity index (χ2n) is 19.8. The molecule has 0 aromatic heterocycles. The molecule has 57 heavy (non-hydrogen) atoms. The molecule has 6 rings (SSSR count). The van der Waals surface area contributed by atoms with Gasteiger partial charge in [0.2, 0.25) is 0 Å². The summed E-state index contributed by atoms with van der Waals surface area (Å²) in [5.41, 5.74) is -6.96. The van der Waals surface area contributed by atoms with Gasteiger partial charge in [-0.3, -0.25) is 0 Å². The molecule has 0 aromatic rings. The third-order valence-corrected chi connectivity index (χ3v) is 16.5. The minimum absolute atomic E-state index is 0.000776. The van der Waals surface area contributed by atoms with Crippen LogP contribution < -0.4 is 0 Å². The van der Waals surface area contributed by atoms with Crippen molar-refractivity contribution in [2.75, 3.05) is 13.2 Å². The highest BCUT2D eigenvalue weighted by Gasteiger charge is 2.61. The molecule has 0 aliphatic heterocycles. The summed E-state index contributed by atoms with van der Waals surface area (Å²) in [6.07, 6.45) is 32.5. The van der Waals surface area contributed by atoms with Crippen molar-refractivity contribution in [3.05, 3.63) is 47.6 Å². The van der Waals surface area contributed by atoms with Crippen LogP contribution in [0.1, 0.15) is 194 Å². The van der Waals surface area contributed by atoms with Gasteiger partial charge in [0.15, 0.2) is 23.0 Å². The first kappa shape index (κ1) is 45.0. The molecule has 4 saturated carbocycles. The third kappa shape index (κ3) is 9.39. The van der Waals surface area contributed by atoms with Crippen LogP contribution in [0.25, 0.3) is 0 Å². The smallest absolute Gasteiger partial charge is 0.188 e. The fraction of sp³-hybridized carbons (Fsp3) is 0.840. The van der Waals surface area contributed by atoms with E-state index < -0.39 is 57.3 Å². The van der Waals surface area contributed by atoms with Crippen molar-refractivity contribution >= 4 is 0 Å².